The number of carbonyl (C=O) groups excluding carboxylic acids is 2. The average Bonchev–Trinajstić information content (AvgIpc) is 2.63. The summed E-state index contributed by atoms with van der Waals surface area (Å²) in [6.07, 6.45) is 0.243. The minimum absolute atomic E-state index is 0.126. The number of benzene rings is 1. The van der Waals surface area contributed by atoms with E-state index in [1.54, 1.807) is 6.92 Å². The predicted octanol–water partition coefficient (Wildman–Crippen LogP) is 3.41. The lowest BCUT2D eigenvalue weighted by molar-refractivity contribution is -0.159. The second-order valence-corrected chi connectivity index (χ2v) is 5.83. The standard InChI is InChI=1S/C18H20F3NO4/c1-4-6-18(10-22,12-8-14(20)15(21)9-13(12)19)7-5-11(16(23)25-2)17(24)26-3/h8-9,11H,4-7H2,1-3H3. The first-order valence-electron chi connectivity index (χ1n) is 7.98. The fraction of sp³-hybridized carbons (Fsp3) is 0.500. The van der Waals surface area contributed by atoms with Crippen LogP contribution in [-0.2, 0) is 24.5 Å². The molecule has 0 bridgehead atoms. The van der Waals surface area contributed by atoms with Crippen molar-refractivity contribution in [2.45, 2.75) is 38.0 Å². The molecular formula is C18H20F3NO4. The van der Waals surface area contributed by atoms with Gasteiger partial charge in [-0.1, -0.05) is 13.3 Å². The third kappa shape index (κ3) is 4.54. The monoisotopic (exact) mass is 371 g/mol. The van der Waals surface area contributed by atoms with Crippen LogP contribution in [-0.4, -0.2) is 26.2 Å². The molecule has 5 nitrogen and oxygen atoms in total. The molecule has 26 heavy (non-hydrogen) atoms. The van der Waals surface area contributed by atoms with Crippen LogP contribution in [0.2, 0.25) is 0 Å². The van der Waals surface area contributed by atoms with Crippen LogP contribution in [0.4, 0.5) is 13.2 Å². The molecule has 1 unspecified atom stereocenters. The molecule has 0 aliphatic heterocycles. The van der Waals surface area contributed by atoms with Crippen LogP contribution in [0.15, 0.2) is 12.1 Å². The quantitative estimate of drug-likeness (QED) is 0.398. The van der Waals surface area contributed by atoms with Gasteiger partial charge in [0.25, 0.3) is 0 Å². The number of ether oxygens (including phenoxy) is 2. The number of nitriles is 1. The van der Waals surface area contributed by atoms with Gasteiger partial charge in [-0.2, -0.15) is 5.26 Å². The van der Waals surface area contributed by atoms with Crippen LogP contribution >= 0.6 is 0 Å². The van der Waals surface area contributed by atoms with Crippen molar-refractivity contribution in [3.63, 3.8) is 0 Å². The summed E-state index contributed by atoms with van der Waals surface area (Å²) >= 11 is 0. The van der Waals surface area contributed by atoms with Crippen molar-refractivity contribution < 1.29 is 32.2 Å². The molecule has 1 rings (SSSR count). The molecule has 1 aromatic rings. The molecular weight excluding hydrogens is 351 g/mol. The van der Waals surface area contributed by atoms with Crippen molar-refractivity contribution in [2.24, 2.45) is 5.92 Å². The summed E-state index contributed by atoms with van der Waals surface area (Å²) in [6, 6.07) is 2.98. The SMILES string of the molecule is CCCC(C#N)(CCC(C(=O)OC)C(=O)OC)c1cc(F)c(F)cc1F. The largest absolute Gasteiger partial charge is 0.468 e. The zero-order chi connectivity index (χ0) is 19.9. The summed E-state index contributed by atoms with van der Waals surface area (Å²) in [7, 11) is 2.19. The minimum Gasteiger partial charge on any atom is -0.468 e. The lowest BCUT2D eigenvalue weighted by Gasteiger charge is -2.28. The smallest absolute Gasteiger partial charge is 0.320 e. The molecule has 0 radical (unpaired) electrons. The average molecular weight is 371 g/mol. The van der Waals surface area contributed by atoms with Crippen molar-refractivity contribution >= 4 is 11.9 Å². The minimum atomic E-state index is -1.53. The van der Waals surface area contributed by atoms with Gasteiger partial charge in [-0.05, 0) is 25.3 Å². The van der Waals surface area contributed by atoms with E-state index in [0.29, 0.717) is 18.6 Å². The van der Waals surface area contributed by atoms with Crippen molar-refractivity contribution in [2.75, 3.05) is 14.2 Å². The Bertz CT molecular complexity index is 701. The fourth-order valence-corrected chi connectivity index (χ4v) is 2.89. The Morgan fingerprint density at radius 2 is 1.62 bits per heavy atom. The highest BCUT2D eigenvalue weighted by Gasteiger charge is 2.38. The molecule has 0 amide bonds. The molecule has 0 saturated heterocycles. The van der Waals surface area contributed by atoms with E-state index in [-0.39, 0.29) is 24.8 Å². The maximum atomic E-state index is 14.3. The van der Waals surface area contributed by atoms with Crippen molar-refractivity contribution in [3.8, 4) is 6.07 Å². The number of hydrogen-bond donors (Lipinski definition) is 0. The van der Waals surface area contributed by atoms with Gasteiger partial charge >= 0.3 is 11.9 Å². The van der Waals surface area contributed by atoms with Crippen LogP contribution in [0.3, 0.4) is 0 Å². The van der Waals surface area contributed by atoms with Gasteiger partial charge in [0.2, 0.25) is 0 Å². The van der Waals surface area contributed by atoms with E-state index >= 15 is 0 Å². The molecule has 0 saturated carbocycles. The third-order valence-corrected chi connectivity index (χ3v) is 4.25. The Morgan fingerprint density at radius 1 is 1.08 bits per heavy atom. The predicted molar refractivity (Wildman–Crippen MR) is 85.3 cm³/mol. The molecule has 142 valence electrons. The van der Waals surface area contributed by atoms with E-state index in [2.05, 4.69) is 9.47 Å². The first-order chi connectivity index (χ1) is 12.3. The molecule has 0 aromatic heterocycles. The maximum absolute atomic E-state index is 14.3. The first kappa shape index (κ1) is 21.5. The Kier molecular flexibility index (Phi) is 7.62. The van der Waals surface area contributed by atoms with E-state index in [0.717, 1.165) is 14.2 Å². The van der Waals surface area contributed by atoms with E-state index in [1.165, 1.54) is 0 Å². The van der Waals surface area contributed by atoms with E-state index in [4.69, 9.17) is 0 Å². The second kappa shape index (κ2) is 9.22. The fourth-order valence-electron chi connectivity index (χ4n) is 2.89. The lowest BCUT2D eigenvalue weighted by atomic mass is 9.73. The number of rotatable bonds is 8. The van der Waals surface area contributed by atoms with Crippen LogP contribution in [0.1, 0.15) is 38.2 Å². The summed E-state index contributed by atoms with van der Waals surface area (Å²) < 4.78 is 50.2. The number of carbonyl (C=O) groups is 2. The Hall–Kier alpha value is -2.56. The molecule has 0 fully saturated rings. The highest BCUT2D eigenvalue weighted by molar-refractivity contribution is 5.94. The lowest BCUT2D eigenvalue weighted by Crippen LogP contribution is -2.32. The summed E-state index contributed by atoms with van der Waals surface area (Å²) in [6.45, 7) is 1.74. The third-order valence-electron chi connectivity index (χ3n) is 4.25. The van der Waals surface area contributed by atoms with Gasteiger partial charge in [0.05, 0.1) is 25.7 Å². The molecule has 0 heterocycles. The van der Waals surface area contributed by atoms with Crippen LogP contribution in [0.25, 0.3) is 0 Å². The van der Waals surface area contributed by atoms with Crippen LogP contribution in [0.5, 0.6) is 0 Å². The number of esters is 2. The zero-order valence-corrected chi connectivity index (χ0v) is 14.8. The highest BCUT2D eigenvalue weighted by Crippen LogP contribution is 2.37. The van der Waals surface area contributed by atoms with Crippen molar-refractivity contribution in [3.05, 3.63) is 35.1 Å². The van der Waals surface area contributed by atoms with E-state index in [9.17, 15) is 28.0 Å². The highest BCUT2D eigenvalue weighted by atomic mass is 19.2. The van der Waals surface area contributed by atoms with Crippen molar-refractivity contribution in [1.29, 1.82) is 5.26 Å². The first-order valence-corrected chi connectivity index (χ1v) is 7.98. The number of hydrogen-bond acceptors (Lipinski definition) is 5. The van der Waals surface area contributed by atoms with Gasteiger partial charge in [-0.3, -0.25) is 9.59 Å². The molecule has 0 aliphatic carbocycles. The van der Waals surface area contributed by atoms with Crippen LogP contribution < -0.4 is 0 Å². The number of halogens is 3. The molecule has 0 aliphatic rings. The summed E-state index contributed by atoms with van der Waals surface area (Å²) in [4.78, 5) is 23.6. The summed E-state index contributed by atoms with van der Waals surface area (Å²) in [5, 5.41) is 9.68. The van der Waals surface area contributed by atoms with Gasteiger partial charge in [0.15, 0.2) is 17.6 Å². The molecule has 0 spiro atoms. The Morgan fingerprint density at radius 3 is 2.08 bits per heavy atom. The molecule has 8 heteroatoms. The number of nitrogens with zero attached hydrogens (tertiary/aromatic N) is 1. The summed E-state index contributed by atoms with van der Waals surface area (Å²) in [5.41, 5.74) is -1.84. The Labute approximate surface area is 149 Å². The maximum Gasteiger partial charge on any atom is 0.320 e. The van der Waals surface area contributed by atoms with Crippen molar-refractivity contribution in [1.82, 2.24) is 0 Å². The van der Waals surface area contributed by atoms with Gasteiger partial charge in [-0.25, -0.2) is 13.2 Å². The molecule has 0 N–H and O–H groups in total. The molecule has 1 atom stereocenters. The van der Waals surface area contributed by atoms with Gasteiger partial charge in [0, 0.05) is 11.6 Å². The Balaban J connectivity index is 3.29. The van der Waals surface area contributed by atoms with Gasteiger partial charge in [-0.15, -0.1) is 0 Å². The van der Waals surface area contributed by atoms with E-state index in [1.807, 2.05) is 6.07 Å². The van der Waals surface area contributed by atoms with Crippen LogP contribution in [0, 0.1) is 34.7 Å². The van der Waals surface area contributed by atoms with Gasteiger partial charge in [0.1, 0.15) is 5.82 Å². The second-order valence-electron chi connectivity index (χ2n) is 5.83. The summed E-state index contributed by atoms with van der Waals surface area (Å²) in [5.74, 6) is -6.72. The molecule has 1 aromatic carbocycles. The number of methoxy groups -OCH3 is 2. The zero-order valence-electron chi connectivity index (χ0n) is 14.8. The normalized spacial score (nSPS) is 13.0. The topological polar surface area (TPSA) is 76.4 Å². The van der Waals surface area contributed by atoms with Gasteiger partial charge < -0.3 is 9.47 Å². The van der Waals surface area contributed by atoms with E-state index < -0.39 is 40.7 Å².